The molecule has 1 aliphatic carbocycles. The molecule has 1 unspecified atom stereocenters. The van der Waals surface area contributed by atoms with Crippen LogP contribution in [-0.4, -0.2) is 27.3 Å². The van der Waals surface area contributed by atoms with Gasteiger partial charge in [0.15, 0.2) is 0 Å². The Bertz CT molecular complexity index is 1290. The minimum absolute atomic E-state index is 0.0132. The second kappa shape index (κ2) is 10.2. The maximum atomic E-state index is 12.2. The van der Waals surface area contributed by atoms with Crippen molar-refractivity contribution in [2.24, 2.45) is 11.8 Å². The molecule has 2 aliphatic rings. The van der Waals surface area contributed by atoms with Crippen LogP contribution in [0.3, 0.4) is 0 Å². The first-order chi connectivity index (χ1) is 17.4. The van der Waals surface area contributed by atoms with Gasteiger partial charge in [0.2, 0.25) is 5.88 Å². The molecule has 1 aliphatic heterocycles. The van der Waals surface area contributed by atoms with Gasteiger partial charge in [-0.2, -0.15) is 0 Å². The number of aromatic nitrogens is 3. The first-order valence-corrected chi connectivity index (χ1v) is 13.2. The van der Waals surface area contributed by atoms with Crippen LogP contribution in [0.5, 0.6) is 11.6 Å². The van der Waals surface area contributed by atoms with E-state index in [1.165, 1.54) is 24.0 Å². The van der Waals surface area contributed by atoms with Crippen molar-refractivity contribution < 1.29 is 14.3 Å². The van der Waals surface area contributed by atoms with Crippen LogP contribution in [-0.2, 0) is 11.2 Å². The normalized spacial score (nSPS) is 18.6. The van der Waals surface area contributed by atoms with Crippen molar-refractivity contribution in [1.29, 1.82) is 0 Å². The Morgan fingerprint density at radius 3 is 2.69 bits per heavy atom. The van der Waals surface area contributed by atoms with E-state index >= 15 is 0 Å². The number of ketones is 1. The maximum absolute atomic E-state index is 12.2. The third-order valence-electron chi connectivity index (χ3n) is 7.40. The van der Waals surface area contributed by atoms with E-state index in [0.29, 0.717) is 29.1 Å². The van der Waals surface area contributed by atoms with E-state index in [4.69, 9.17) is 31.0 Å². The zero-order chi connectivity index (χ0) is 25.4. The van der Waals surface area contributed by atoms with Crippen LogP contribution in [0.2, 0.25) is 5.02 Å². The number of ether oxygens (including phenoxy) is 2. The average molecular weight is 506 g/mol. The van der Waals surface area contributed by atoms with Crippen LogP contribution in [0, 0.1) is 18.8 Å². The van der Waals surface area contributed by atoms with E-state index in [1.54, 1.807) is 25.4 Å². The topological polar surface area (TPSA) is 74.2 Å². The van der Waals surface area contributed by atoms with Gasteiger partial charge in [0, 0.05) is 17.5 Å². The van der Waals surface area contributed by atoms with Gasteiger partial charge >= 0.3 is 0 Å². The van der Waals surface area contributed by atoms with E-state index in [-0.39, 0.29) is 23.7 Å². The summed E-state index contributed by atoms with van der Waals surface area (Å²) in [5.74, 6) is 2.51. The molecule has 3 heterocycles. The lowest BCUT2D eigenvalue weighted by molar-refractivity contribution is -0.121. The Kier molecular flexibility index (Phi) is 6.98. The van der Waals surface area contributed by atoms with Gasteiger partial charge in [0.25, 0.3) is 0 Å². The highest BCUT2D eigenvalue weighted by molar-refractivity contribution is 6.33. The van der Waals surface area contributed by atoms with Crippen molar-refractivity contribution in [2.75, 3.05) is 6.61 Å². The lowest BCUT2D eigenvalue weighted by atomic mass is 9.80. The molecule has 3 aromatic rings. The van der Waals surface area contributed by atoms with Crippen LogP contribution in [0.25, 0.3) is 11.3 Å². The highest BCUT2D eigenvalue weighted by Gasteiger charge is 2.38. The molecule has 0 spiro atoms. The molecule has 2 aromatic heterocycles. The third kappa shape index (κ3) is 4.96. The quantitative estimate of drug-likeness (QED) is 0.339. The summed E-state index contributed by atoms with van der Waals surface area (Å²) in [5.41, 5.74) is 5.43. The Morgan fingerprint density at radius 1 is 1.19 bits per heavy atom. The van der Waals surface area contributed by atoms with E-state index in [9.17, 15) is 4.79 Å². The molecular formula is C29H32ClN3O3. The lowest BCUT2D eigenvalue weighted by Crippen LogP contribution is -2.20. The highest BCUT2D eigenvalue weighted by atomic mass is 35.5. The summed E-state index contributed by atoms with van der Waals surface area (Å²) in [6.45, 7) is 8.13. The molecule has 0 amide bonds. The minimum Gasteiger partial charge on any atom is -0.484 e. The number of carbonyl (C=O) groups is 1. The van der Waals surface area contributed by atoms with Crippen molar-refractivity contribution in [3.63, 3.8) is 0 Å². The van der Waals surface area contributed by atoms with E-state index in [1.807, 2.05) is 13.8 Å². The summed E-state index contributed by atoms with van der Waals surface area (Å²) in [4.78, 5) is 26.0. The minimum atomic E-state index is -0.176. The van der Waals surface area contributed by atoms with Crippen molar-refractivity contribution >= 4 is 17.4 Å². The van der Waals surface area contributed by atoms with Crippen LogP contribution < -0.4 is 9.47 Å². The number of nitrogens with zero attached hydrogens (tertiary/aromatic N) is 3. The number of fused-ring (bicyclic) bond motifs is 1. The fourth-order valence-corrected chi connectivity index (χ4v) is 5.42. The highest BCUT2D eigenvalue weighted by Crippen LogP contribution is 2.48. The molecular weight excluding hydrogens is 474 g/mol. The summed E-state index contributed by atoms with van der Waals surface area (Å²) in [6.07, 6.45) is 7.31. The van der Waals surface area contributed by atoms with Gasteiger partial charge in [-0.05, 0) is 75.5 Å². The van der Waals surface area contributed by atoms with E-state index < -0.39 is 0 Å². The van der Waals surface area contributed by atoms with Gasteiger partial charge in [-0.25, -0.2) is 4.98 Å². The van der Waals surface area contributed by atoms with Crippen molar-refractivity contribution in [2.45, 2.75) is 65.4 Å². The molecule has 188 valence electrons. The van der Waals surface area contributed by atoms with Gasteiger partial charge in [-0.15, -0.1) is 0 Å². The van der Waals surface area contributed by atoms with Crippen LogP contribution in [0.15, 0.2) is 36.7 Å². The molecule has 1 fully saturated rings. The van der Waals surface area contributed by atoms with Gasteiger partial charge < -0.3 is 9.47 Å². The SMILES string of the molecule is CCOc1cc(-c2ncc(C3CCc4ccc([C@H](C5CC5)[C@H](C)C(C)=O)cc4O3)nc2C)c(Cl)cn1. The number of pyridine rings is 1. The fraction of sp³-hybridized carbons (Fsp3) is 0.448. The molecule has 6 nitrogen and oxygen atoms in total. The predicted octanol–water partition coefficient (Wildman–Crippen LogP) is 6.68. The largest absolute Gasteiger partial charge is 0.484 e. The summed E-state index contributed by atoms with van der Waals surface area (Å²) in [5, 5.41) is 0.504. The van der Waals surface area contributed by atoms with Gasteiger partial charge in [0.1, 0.15) is 17.6 Å². The molecule has 36 heavy (non-hydrogen) atoms. The smallest absolute Gasteiger partial charge is 0.213 e. The Morgan fingerprint density at radius 2 is 2.00 bits per heavy atom. The molecule has 0 saturated heterocycles. The van der Waals surface area contributed by atoms with Crippen molar-refractivity contribution in [3.05, 3.63) is 64.2 Å². The first kappa shape index (κ1) is 24.7. The maximum Gasteiger partial charge on any atom is 0.213 e. The zero-order valence-electron chi connectivity index (χ0n) is 21.3. The number of Topliss-reactive ketones (excluding diaryl/α,β-unsaturated/α-hetero) is 1. The summed E-state index contributed by atoms with van der Waals surface area (Å²) in [6, 6.07) is 8.32. The van der Waals surface area contributed by atoms with E-state index in [0.717, 1.165) is 35.5 Å². The monoisotopic (exact) mass is 505 g/mol. The lowest BCUT2D eigenvalue weighted by Gasteiger charge is -2.28. The molecule has 1 aromatic carbocycles. The molecule has 0 bridgehead atoms. The number of halogens is 1. The number of rotatable bonds is 8. The second-order valence-corrected chi connectivity index (χ2v) is 10.3. The predicted molar refractivity (Wildman–Crippen MR) is 140 cm³/mol. The van der Waals surface area contributed by atoms with Crippen LogP contribution >= 0.6 is 11.6 Å². The van der Waals surface area contributed by atoms with Crippen LogP contribution in [0.1, 0.15) is 74.6 Å². The molecule has 7 heteroatoms. The number of carbonyl (C=O) groups excluding carboxylic acids is 1. The molecule has 1 saturated carbocycles. The molecule has 5 rings (SSSR count). The third-order valence-corrected chi connectivity index (χ3v) is 7.71. The second-order valence-electron chi connectivity index (χ2n) is 9.94. The van der Waals surface area contributed by atoms with Gasteiger partial charge in [0.05, 0.1) is 41.1 Å². The van der Waals surface area contributed by atoms with Crippen molar-refractivity contribution in [1.82, 2.24) is 15.0 Å². The van der Waals surface area contributed by atoms with E-state index in [2.05, 4.69) is 30.1 Å². The Labute approximate surface area is 217 Å². The standard InChI is InChI=1S/C29H32ClN3O3/c1-5-35-27-13-22(23(30)14-31-27)29-17(3)33-24(15-32-29)25-11-10-19-6-9-21(12-26(19)36-25)28(20-7-8-20)16(2)18(4)34/h6,9,12-16,20,25,28H,5,7-8,10-11H2,1-4H3/t16-,25?,28+/m1/s1. The van der Waals surface area contributed by atoms with Crippen LogP contribution in [0.4, 0.5) is 0 Å². The average Bonchev–Trinajstić information content (AvgIpc) is 3.70. The van der Waals surface area contributed by atoms with Gasteiger partial charge in [-0.1, -0.05) is 30.7 Å². The summed E-state index contributed by atoms with van der Waals surface area (Å²) < 4.78 is 12.0. The first-order valence-electron chi connectivity index (χ1n) is 12.8. The molecule has 0 radical (unpaired) electrons. The Balaban J connectivity index is 1.40. The summed E-state index contributed by atoms with van der Waals surface area (Å²) in [7, 11) is 0. The van der Waals surface area contributed by atoms with Gasteiger partial charge in [-0.3, -0.25) is 14.8 Å². The number of hydrogen-bond acceptors (Lipinski definition) is 6. The van der Waals surface area contributed by atoms with Crippen molar-refractivity contribution in [3.8, 4) is 22.9 Å². The Hall–Kier alpha value is -2.99. The zero-order valence-corrected chi connectivity index (χ0v) is 22.0. The molecule has 3 atom stereocenters. The summed E-state index contributed by atoms with van der Waals surface area (Å²) >= 11 is 6.42. The number of hydrogen-bond donors (Lipinski definition) is 0. The molecule has 0 N–H and O–H groups in total. The number of aryl methyl sites for hydroxylation is 2. The number of benzene rings is 1. The fourth-order valence-electron chi connectivity index (χ4n) is 5.23.